The Labute approximate surface area is 168 Å². The van der Waals surface area contributed by atoms with Gasteiger partial charge in [-0.1, -0.05) is 54.1 Å². The van der Waals surface area contributed by atoms with E-state index in [0.717, 1.165) is 18.4 Å². The smallest absolute Gasteiger partial charge is 0.343 e. The van der Waals surface area contributed by atoms with Gasteiger partial charge in [-0.3, -0.25) is 0 Å². The lowest BCUT2D eigenvalue weighted by atomic mass is 9.87. The molecule has 2 unspecified atom stereocenters. The maximum atomic E-state index is 12.8. The molecule has 0 saturated heterocycles. The van der Waals surface area contributed by atoms with Crippen LogP contribution in [0, 0.1) is 5.92 Å². The highest BCUT2D eigenvalue weighted by atomic mass is 35.5. The van der Waals surface area contributed by atoms with E-state index in [4.69, 9.17) is 16.0 Å². The minimum atomic E-state index is -0.888. The van der Waals surface area contributed by atoms with Gasteiger partial charge in [-0.05, 0) is 42.0 Å². The Hall–Kier alpha value is -2.56. The molecule has 0 amide bonds. The Morgan fingerprint density at radius 1 is 1.04 bits per heavy atom. The monoisotopic (exact) mass is 396 g/mol. The summed E-state index contributed by atoms with van der Waals surface area (Å²) in [6.07, 6.45) is 1.23. The van der Waals surface area contributed by atoms with Gasteiger partial charge in [-0.25, -0.2) is 4.79 Å². The molecule has 0 aliphatic heterocycles. The topological polar surface area (TPSA) is 70.7 Å². The standard InChI is InChI=1S/C23H21ClO4/c24-17-8-4-7-16(11-17)19(25)12-18-13-20(26)22(23(27)28-18)21(15-9-10-15)14-5-2-1-3-6-14/h1-8,11,13,15,19,21,25-26H,9-10,12H2. The van der Waals surface area contributed by atoms with Crippen LogP contribution in [0.5, 0.6) is 5.75 Å². The number of hydrogen-bond donors (Lipinski definition) is 2. The summed E-state index contributed by atoms with van der Waals surface area (Å²) < 4.78 is 5.48. The molecule has 1 aromatic heterocycles. The molecule has 4 nitrogen and oxygen atoms in total. The van der Waals surface area contributed by atoms with Crippen molar-refractivity contribution in [2.75, 3.05) is 0 Å². The van der Waals surface area contributed by atoms with Crippen LogP contribution < -0.4 is 5.63 Å². The van der Waals surface area contributed by atoms with Crippen LogP contribution in [0.1, 0.15) is 47.3 Å². The van der Waals surface area contributed by atoms with Crippen molar-refractivity contribution >= 4 is 11.6 Å². The summed E-state index contributed by atoms with van der Waals surface area (Å²) in [7, 11) is 0. The van der Waals surface area contributed by atoms with E-state index in [0.29, 0.717) is 22.1 Å². The SMILES string of the molecule is O=c1oc(CC(O)c2cccc(Cl)c2)cc(O)c1C(c1ccccc1)C1CC1. The number of aromatic hydroxyl groups is 1. The third kappa shape index (κ3) is 3.98. The predicted molar refractivity (Wildman–Crippen MR) is 108 cm³/mol. The molecule has 1 fully saturated rings. The van der Waals surface area contributed by atoms with Crippen molar-refractivity contribution < 1.29 is 14.6 Å². The third-order valence-corrected chi connectivity index (χ3v) is 5.44. The number of halogens is 1. The van der Waals surface area contributed by atoms with Gasteiger partial charge < -0.3 is 14.6 Å². The van der Waals surface area contributed by atoms with Gasteiger partial charge in [0.2, 0.25) is 0 Å². The predicted octanol–water partition coefficient (Wildman–Crippen LogP) is 4.82. The highest BCUT2D eigenvalue weighted by Crippen LogP contribution is 2.47. The normalized spacial score (nSPS) is 15.9. The van der Waals surface area contributed by atoms with Crippen LogP contribution in [-0.4, -0.2) is 10.2 Å². The van der Waals surface area contributed by atoms with Gasteiger partial charge in [0.1, 0.15) is 11.5 Å². The van der Waals surface area contributed by atoms with E-state index in [2.05, 4.69) is 0 Å². The molecule has 28 heavy (non-hydrogen) atoms. The molecule has 1 heterocycles. The Morgan fingerprint density at radius 3 is 2.39 bits per heavy atom. The second-order valence-electron chi connectivity index (χ2n) is 7.30. The fourth-order valence-electron chi connectivity index (χ4n) is 3.71. The summed E-state index contributed by atoms with van der Waals surface area (Å²) in [5.74, 6) is 0.315. The van der Waals surface area contributed by atoms with E-state index >= 15 is 0 Å². The molecule has 2 aromatic carbocycles. The average Bonchev–Trinajstić information content (AvgIpc) is 3.50. The van der Waals surface area contributed by atoms with Gasteiger partial charge in [-0.2, -0.15) is 0 Å². The first-order valence-electron chi connectivity index (χ1n) is 9.37. The van der Waals surface area contributed by atoms with E-state index in [1.807, 2.05) is 30.3 Å². The Balaban J connectivity index is 1.64. The zero-order valence-electron chi connectivity index (χ0n) is 15.2. The van der Waals surface area contributed by atoms with Crippen LogP contribution in [0.3, 0.4) is 0 Å². The van der Waals surface area contributed by atoms with Crippen LogP contribution in [0.15, 0.2) is 69.9 Å². The molecular weight excluding hydrogens is 376 g/mol. The van der Waals surface area contributed by atoms with Gasteiger partial charge in [0, 0.05) is 23.4 Å². The minimum absolute atomic E-state index is 0.0723. The molecule has 1 aliphatic carbocycles. The van der Waals surface area contributed by atoms with Gasteiger partial charge in [0.05, 0.1) is 11.7 Å². The third-order valence-electron chi connectivity index (χ3n) is 5.21. The minimum Gasteiger partial charge on any atom is -0.507 e. The first-order chi connectivity index (χ1) is 13.5. The zero-order valence-corrected chi connectivity index (χ0v) is 16.0. The average molecular weight is 397 g/mol. The van der Waals surface area contributed by atoms with Crippen molar-refractivity contribution in [3.8, 4) is 5.75 Å². The summed E-state index contributed by atoms with van der Waals surface area (Å²) in [4.78, 5) is 12.8. The largest absolute Gasteiger partial charge is 0.507 e. The van der Waals surface area contributed by atoms with Crippen molar-refractivity contribution in [2.45, 2.75) is 31.3 Å². The Kier molecular flexibility index (Phi) is 5.25. The molecule has 2 N–H and O–H groups in total. The van der Waals surface area contributed by atoms with Crippen LogP contribution in [0.25, 0.3) is 0 Å². The van der Waals surface area contributed by atoms with Crippen molar-refractivity contribution in [1.82, 2.24) is 0 Å². The van der Waals surface area contributed by atoms with Gasteiger partial charge >= 0.3 is 5.63 Å². The molecule has 5 heteroatoms. The Morgan fingerprint density at radius 2 is 1.75 bits per heavy atom. The molecule has 0 bridgehead atoms. The molecular formula is C23H21ClO4. The molecule has 1 saturated carbocycles. The summed E-state index contributed by atoms with van der Waals surface area (Å²) in [6, 6.07) is 18.1. The van der Waals surface area contributed by atoms with Crippen LogP contribution in [-0.2, 0) is 6.42 Å². The number of benzene rings is 2. The van der Waals surface area contributed by atoms with Gasteiger partial charge in [-0.15, -0.1) is 0 Å². The molecule has 3 aromatic rings. The van der Waals surface area contributed by atoms with E-state index < -0.39 is 11.7 Å². The zero-order chi connectivity index (χ0) is 19.7. The van der Waals surface area contributed by atoms with Crippen LogP contribution >= 0.6 is 11.6 Å². The lowest BCUT2D eigenvalue weighted by Gasteiger charge is -2.18. The van der Waals surface area contributed by atoms with Crippen molar-refractivity contribution in [3.63, 3.8) is 0 Å². The maximum Gasteiger partial charge on any atom is 0.343 e. The first-order valence-corrected chi connectivity index (χ1v) is 9.75. The highest BCUT2D eigenvalue weighted by molar-refractivity contribution is 6.30. The lowest BCUT2D eigenvalue weighted by Crippen LogP contribution is -2.17. The van der Waals surface area contributed by atoms with E-state index in [1.54, 1.807) is 24.3 Å². The fraction of sp³-hybridized carbons (Fsp3) is 0.261. The lowest BCUT2D eigenvalue weighted by molar-refractivity contribution is 0.168. The second kappa shape index (κ2) is 7.82. The number of aliphatic hydroxyl groups is 1. The molecule has 2 atom stereocenters. The van der Waals surface area contributed by atoms with E-state index in [-0.39, 0.29) is 23.8 Å². The first kappa shape index (κ1) is 18.8. The summed E-state index contributed by atoms with van der Waals surface area (Å²) >= 11 is 5.97. The van der Waals surface area contributed by atoms with Crippen LogP contribution in [0.4, 0.5) is 0 Å². The summed E-state index contributed by atoms with van der Waals surface area (Å²) in [6.45, 7) is 0. The Bertz CT molecular complexity index is 1020. The fourth-order valence-corrected chi connectivity index (χ4v) is 3.91. The van der Waals surface area contributed by atoms with Gasteiger partial charge in [0.15, 0.2) is 0 Å². The molecule has 1 aliphatic rings. The van der Waals surface area contributed by atoms with Crippen molar-refractivity contribution in [2.24, 2.45) is 5.92 Å². The molecule has 0 spiro atoms. The summed E-state index contributed by atoms with van der Waals surface area (Å²) in [5.41, 5.74) is 1.38. The molecule has 4 rings (SSSR count). The molecule has 144 valence electrons. The van der Waals surface area contributed by atoms with Gasteiger partial charge in [0.25, 0.3) is 0 Å². The second-order valence-corrected chi connectivity index (χ2v) is 7.74. The maximum absolute atomic E-state index is 12.8. The van der Waals surface area contributed by atoms with E-state index in [9.17, 15) is 15.0 Å². The number of rotatable bonds is 6. The van der Waals surface area contributed by atoms with Crippen molar-refractivity contribution in [1.29, 1.82) is 0 Å². The summed E-state index contributed by atoms with van der Waals surface area (Å²) in [5, 5.41) is 21.6. The van der Waals surface area contributed by atoms with E-state index in [1.165, 1.54) is 6.07 Å². The highest BCUT2D eigenvalue weighted by Gasteiger charge is 2.37. The number of hydrogen-bond acceptors (Lipinski definition) is 4. The number of aliphatic hydroxyl groups excluding tert-OH is 1. The van der Waals surface area contributed by atoms with Crippen molar-refractivity contribution in [3.05, 3.63) is 98.6 Å². The van der Waals surface area contributed by atoms with Crippen LogP contribution in [0.2, 0.25) is 5.02 Å². The molecule has 0 radical (unpaired) electrons. The quantitative estimate of drug-likeness (QED) is 0.626.